The third-order valence-electron chi connectivity index (χ3n) is 3.79. The van der Waals surface area contributed by atoms with Crippen molar-refractivity contribution in [1.29, 1.82) is 0 Å². The highest BCUT2D eigenvalue weighted by Gasteiger charge is 2.23. The fourth-order valence-corrected chi connectivity index (χ4v) is 2.84. The molecule has 3 heteroatoms. The molecule has 1 aromatic carbocycles. The molecule has 3 nitrogen and oxygen atoms in total. The molecule has 2 rings (SSSR count). The summed E-state index contributed by atoms with van der Waals surface area (Å²) < 4.78 is 0. The Bertz CT molecular complexity index is 381. The van der Waals surface area contributed by atoms with Gasteiger partial charge in [-0.1, -0.05) is 25.5 Å². The predicted molar refractivity (Wildman–Crippen MR) is 75.3 cm³/mol. The summed E-state index contributed by atoms with van der Waals surface area (Å²) in [5, 5.41) is 10.2. The van der Waals surface area contributed by atoms with E-state index in [9.17, 15) is 5.11 Å². The van der Waals surface area contributed by atoms with Gasteiger partial charge in [0, 0.05) is 18.8 Å². The molecule has 0 bridgehead atoms. The number of aliphatic hydroxyl groups is 1. The Balaban J connectivity index is 1.86. The van der Waals surface area contributed by atoms with Crippen LogP contribution in [0.25, 0.3) is 0 Å². The first-order valence-electron chi connectivity index (χ1n) is 6.95. The average molecular weight is 248 g/mol. The number of β-amino-alcohol motifs (C(OH)–C–C–N with tert-alkyl or cyclic N) is 1. The zero-order valence-corrected chi connectivity index (χ0v) is 11.2. The Kier molecular flexibility index (Phi) is 4.61. The number of hydrogen-bond donors (Lipinski definition) is 2. The van der Waals surface area contributed by atoms with Crippen LogP contribution in [0.15, 0.2) is 24.3 Å². The summed E-state index contributed by atoms with van der Waals surface area (Å²) in [4.78, 5) is 2.37. The number of nitrogen functional groups attached to an aromatic ring is 1. The largest absolute Gasteiger partial charge is 0.399 e. The number of likely N-dealkylation sites (tertiary alicyclic amines) is 1. The Morgan fingerprint density at radius 1 is 1.50 bits per heavy atom. The fraction of sp³-hybridized carbons (Fsp3) is 0.600. The molecule has 18 heavy (non-hydrogen) atoms. The molecular formula is C15H24N2O. The lowest BCUT2D eigenvalue weighted by Gasteiger charge is -2.20. The van der Waals surface area contributed by atoms with E-state index in [1.54, 1.807) is 0 Å². The van der Waals surface area contributed by atoms with Crippen molar-refractivity contribution < 1.29 is 5.11 Å². The SMILES string of the molecule is CCCC1CCN(CC(O)c2cccc(N)c2)C1. The Labute approximate surface area is 110 Å². The van der Waals surface area contributed by atoms with Crippen molar-refractivity contribution in [3.05, 3.63) is 29.8 Å². The van der Waals surface area contributed by atoms with E-state index in [-0.39, 0.29) is 0 Å². The number of hydrogen-bond acceptors (Lipinski definition) is 3. The number of benzene rings is 1. The standard InChI is InChI=1S/C15H24N2O/c1-2-4-12-7-8-17(10-12)11-15(18)13-5-3-6-14(16)9-13/h3,5-6,9,12,15,18H,2,4,7-8,10-11,16H2,1H3. The van der Waals surface area contributed by atoms with Gasteiger partial charge >= 0.3 is 0 Å². The van der Waals surface area contributed by atoms with Gasteiger partial charge in [-0.05, 0) is 43.0 Å². The molecule has 1 fully saturated rings. The quantitative estimate of drug-likeness (QED) is 0.787. The van der Waals surface area contributed by atoms with Crippen LogP contribution in [-0.2, 0) is 0 Å². The molecule has 2 unspecified atom stereocenters. The van der Waals surface area contributed by atoms with Crippen molar-refractivity contribution in [3.63, 3.8) is 0 Å². The van der Waals surface area contributed by atoms with E-state index in [0.29, 0.717) is 0 Å². The zero-order valence-electron chi connectivity index (χ0n) is 11.2. The van der Waals surface area contributed by atoms with Crippen molar-refractivity contribution in [1.82, 2.24) is 4.90 Å². The molecule has 0 amide bonds. The summed E-state index contributed by atoms with van der Waals surface area (Å²) in [6, 6.07) is 7.56. The molecule has 0 aromatic heterocycles. The molecule has 3 N–H and O–H groups in total. The van der Waals surface area contributed by atoms with Crippen molar-refractivity contribution in [2.75, 3.05) is 25.4 Å². The van der Waals surface area contributed by atoms with Crippen LogP contribution < -0.4 is 5.73 Å². The van der Waals surface area contributed by atoms with Gasteiger partial charge in [0.25, 0.3) is 0 Å². The van der Waals surface area contributed by atoms with E-state index < -0.39 is 6.10 Å². The highest BCUT2D eigenvalue weighted by molar-refractivity contribution is 5.41. The zero-order chi connectivity index (χ0) is 13.0. The van der Waals surface area contributed by atoms with Crippen LogP contribution in [-0.4, -0.2) is 29.6 Å². The van der Waals surface area contributed by atoms with Crippen molar-refractivity contribution in [3.8, 4) is 0 Å². The van der Waals surface area contributed by atoms with Gasteiger partial charge in [0.15, 0.2) is 0 Å². The summed E-state index contributed by atoms with van der Waals surface area (Å²) in [6.45, 7) is 5.21. The maximum Gasteiger partial charge on any atom is 0.0917 e. The van der Waals surface area contributed by atoms with Crippen molar-refractivity contribution in [2.24, 2.45) is 5.92 Å². The van der Waals surface area contributed by atoms with Crippen LogP contribution in [0.3, 0.4) is 0 Å². The number of rotatable bonds is 5. The number of nitrogens with zero attached hydrogens (tertiary/aromatic N) is 1. The normalized spacial score (nSPS) is 22.2. The number of nitrogens with two attached hydrogens (primary N) is 1. The second-order valence-electron chi connectivity index (χ2n) is 5.39. The topological polar surface area (TPSA) is 49.5 Å². The molecule has 0 aliphatic carbocycles. The van der Waals surface area contributed by atoms with Gasteiger partial charge in [-0.3, -0.25) is 0 Å². The van der Waals surface area contributed by atoms with E-state index in [4.69, 9.17) is 5.73 Å². The van der Waals surface area contributed by atoms with Crippen LogP contribution in [0.2, 0.25) is 0 Å². The van der Waals surface area contributed by atoms with E-state index >= 15 is 0 Å². The van der Waals surface area contributed by atoms with Gasteiger partial charge < -0.3 is 15.7 Å². The lowest BCUT2D eigenvalue weighted by molar-refractivity contribution is 0.124. The summed E-state index contributed by atoms with van der Waals surface area (Å²) in [5.74, 6) is 0.822. The van der Waals surface area contributed by atoms with Crippen LogP contribution in [0, 0.1) is 5.92 Å². The highest BCUT2D eigenvalue weighted by Crippen LogP contribution is 2.24. The molecule has 0 radical (unpaired) electrons. The Hall–Kier alpha value is -1.06. The summed E-state index contributed by atoms with van der Waals surface area (Å²) in [5.41, 5.74) is 7.39. The molecule has 1 heterocycles. The lowest BCUT2D eigenvalue weighted by Crippen LogP contribution is -2.26. The maximum absolute atomic E-state index is 10.2. The minimum atomic E-state index is -0.422. The first-order chi connectivity index (χ1) is 8.69. The molecule has 1 aliphatic heterocycles. The molecule has 2 atom stereocenters. The summed E-state index contributed by atoms with van der Waals surface area (Å²) >= 11 is 0. The predicted octanol–water partition coefficient (Wildman–Crippen LogP) is 2.42. The monoisotopic (exact) mass is 248 g/mol. The molecule has 0 spiro atoms. The molecule has 1 aliphatic rings. The van der Waals surface area contributed by atoms with E-state index in [1.807, 2.05) is 24.3 Å². The Morgan fingerprint density at radius 3 is 3.06 bits per heavy atom. The average Bonchev–Trinajstić information content (AvgIpc) is 2.77. The number of aliphatic hydroxyl groups excluding tert-OH is 1. The second-order valence-corrected chi connectivity index (χ2v) is 5.39. The van der Waals surface area contributed by atoms with E-state index in [1.165, 1.54) is 19.3 Å². The Morgan fingerprint density at radius 2 is 2.33 bits per heavy atom. The van der Waals surface area contributed by atoms with E-state index in [2.05, 4.69) is 11.8 Å². The van der Waals surface area contributed by atoms with Crippen molar-refractivity contribution in [2.45, 2.75) is 32.3 Å². The van der Waals surface area contributed by atoms with Crippen LogP contribution in [0.1, 0.15) is 37.9 Å². The third-order valence-corrected chi connectivity index (χ3v) is 3.79. The van der Waals surface area contributed by atoms with Crippen LogP contribution in [0.4, 0.5) is 5.69 Å². The van der Waals surface area contributed by atoms with Gasteiger partial charge in [0.2, 0.25) is 0 Å². The smallest absolute Gasteiger partial charge is 0.0917 e. The molecule has 0 saturated carbocycles. The van der Waals surface area contributed by atoms with Gasteiger partial charge in [0.1, 0.15) is 0 Å². The van der Waals surface area contributed by atoms with Crippen LogP contribution >= 0.6 is 0 Å². The molecular weight excluding hydrogens is 224 g/mol. The van der Waals surface area contributed by atoms with Gasteiger partial charge in [-0.25, -0.2) is 0 Å². The maximum atomic E-state index is 10.2. The van der Waals surface area contributed by atoms with Gasteiger partial charge in [-0.2, -0.15) is 0 Å². The lowest BCUT2D eigenvalue weighted by atomic mass is 10.0. The van der Waals surface area contributed by atoms with E-state index in [0.717, 1.165) is 36.8 Å². The minimum absolute atomic E-state index is 0.422. The summed E-state index contributed by atoms with van der Waals surface area (Å²) in [6.07, 6.45) is 3.42. The van der Waals surface area contributed by atoms with Crippen molar-refractivity contribution >= 4 is 5.69 Å². The fourth-order valence-electron chi connectivity index (χ4n) is 2.84. The second kappa shape index (κ2) is 6.21. The molecule has 1 aromatic rings. The first-order valence-corrected chi connectivity index (χ1v) is 6.95. The minimum Gasteiger partial charge on any atom is -0.399 e. The molecule has 100 valence electrons. The van der Waals surface area contributed by atoms with Gasteiger partial charge in [0.05, 0.1) is 6.10 Å². The number of anilines is 1. The van der Waals surface area contributed by atoms with Gasteiger partial charge in [-0.15, -0.1) is 0 Å². The summed E-state index contributed by atoms with van der Waals surface area (Å²) in [7, 11) is 0. The highest BCUT2D eigenvalue weighted by atomic mass is 16.3. The third kappa shape index (κ3) is 3.47. The molecule has 1 saturated heterocycles. The van der Waals surface area contributed by atoms with Crippen LogP contribution in [0.5, 0.6) is 0 Å². The first kappa shape index (κ1) is 13.4.